The van der Waals surface area contributed by atoms with Crippen LogP contribution in [0.3, 0.4) is 0 Å². The Morgan fingerprint density at radius 3 is 1.56 bits per heavy atom. The Labute approximate surface area is 186 Å². The fraction of sp³-hybridized carbons (Fsp3) is 0.273. The molecular weight excluding hydrogens is 547 g/mol. The van der Waals surface area contributed by atoms with Crippen molar-refractivity contribution in [3.8, 4) is 11.5 Å². The van der Waals surface area contributed by atoms with Crippen LogP contribution in [0.5, 0.6) is 11.5 Å². The van der Waals surface area contributed by atoms with Crippen molar-refractivity contribution in [2.75, 3.05) is 14.2 Å². The average Bonchev–Trinajstić information content (AvgIpc) is 3.16. The number of ether oxygens (including phenoxy) is 2. The maximum atomic E-state index is 5.40. The maximum Gasteiger partial charge on any atom is -1.00 e. The smallest absolute Gasteiger partial charge is 1.00 e. The number of methoxy groups -OCH3 is 2. The Bertz CT molecular complexity index is 847. The molecule has 1 heterocycles. The van der Waals surface area contributed by atoms with Crippen LogP contribution in [0.25, 0.3) is 12.2 Å². The van der Waals surface area contributed by atoms with Crippen LogP contribution in [-0.4, -0.2) is 14.2 Å². The summed E-state index contributed by atoms with van der Waals surface area (Å²) in [5, 5.41) is 0. The van der Waals surface area contributed by atoms with Crippen molar-refractivity contribution in [3.63, 3.8) is 0 Å². The number of halogens is 2. The van der Waals surface area contributed by atoms with Gasteiger partial charge in [-0.05, 0) is 0 Å². The summed E-state index contributed by atoms with van der Waals surface area (Å²) in [5.74, 6) is 1.92. The molecule has 0 radical (unpaired) electrons. The first-order valence-electron chi connectivity index (χ1n) is 8.97. The van der Waals surface area contributed by atoms with Crippen LogP contribution in [0.15, 0.2) is 48.6 Å². The van der Waals surface area contributed by atoms with E-state index in [0.717, 1.165) is 11.5 Å². The molecule has 0 N–H and O–H groups in total. The standard InChI is InChI=1S/2C10H9O.C2H4.2BrH.Zr/c2*1-11-10-6-5-8-3-2-4-9(8)7-10;1-2;;;/h2*2-7H,1H3;1-2H2;2*1H;/q;;;;;+2/p-2. The van der Waals surface area contributed by atoms with Gasteiger partial charge in [0, 0.05) is 0 Å². The summed E-state index contributed by atoms with van der Waals surface area (Å²) < 4.78 is 15.2. The number of hydrogen-bond donors (Lipinski definition) is 0. The minimum absolute atomic E-state index is 0. The van der Waals surface area contributed by atoms with E-state index in [1.54, 1.807) is 25.3 Å². The van der Waals surface area contributed by atoms with Gasteiger partial charge in [-0.3, -0.25) is 0 Å². The van der Waals surface area contributed by atoms with Crippen molar-refractivity contribution in [1.29, 1.82) is 0 Å². The summed E-state index contributed by atoms with van der Waals surface area (Å²) >= 11 is -2.28. The third kappa shape index (κ3) is 3.34. The zero-order valence-corrected chi connectivity index (χ0v) is 21.0. The van der Waals surface area contributed by atoms with Gasteiger partial charge >= 0.3 is 154 Å². The molecule has 2 atom stereocenters. The molecule has 2 nitrogen and oxygen atoms in total. The van der Waals surface area contributed by atoms with Crippen LogP contribution in [0.2, 0.25) is 8.26 Å². The summed E-state index contributed by atoms with van der Waals surface area (Å²) in [6, 6.07) is 13.3. The van der Waals surface area contributed by atoms with Gasteiger partial charge in [0.2, 0.25) is 0 Å². The van der Waals surface area contributed by atoms with E-state index in [9.17, 15) is 0 Å². The van der Waals surface area contributed by atoms with Crippen molar-refractivity contribution in [2.24, 2.45) is 0 Å². The third-order valence-corrected chi connectivity index (χ3v) is 18.9. The Balaban J connectivity index is 0.00000105. The molecule has 1 saturated heterocycles. The van der Waals surface area contributed by atoms with Crippen LogP contribution < -0.4 is 43.4 Å². The van der Waals surface area contributed by atoms with Crippen LogP contribution in [0.1, 0.15) is 29.5 Å². The third-order valence-electron chi connectivity index (χ3n) is 6.26. The molecule has 2 aromatic carbocycles. The predicted molar refractivity (Wildman–Crippen MR) is 99.2 cm³/mol. The topological polar surface area (TPSA) is 18.5 Å². The molecule has 27 heavy (non-hydrogen) atoms. The normalized spacial score (nSPS) is 21.1. The van der Waals surface area contributed by atoms with Crippen molar-refractivity contribution in [3.05, 3.63) is 70.8 Å². The van der Waals surface area contributed by atoms with Crippen LogP contribution in [0, 0.1) is 0 Å². The predicted octanol–water partition coefficient (Wildman–Crippen LogP) is -0.448. The first-order valence-corrected chi connectivity index (χ1v) is 15.3. The summed E-state index contributed by atoms with van der Waals surface area (Å²) in [4.78, 5) is 0. The molecule has 0 amide bonds. The molecule has 1 aliphatic heterocycles. The second kappa shape index (κ2) is 8.01. The average molecular weight is 569 g/mol. The fourth-order valence-electron chi connectivity index (χ4n) is 4.78. The first-order chi connectivity index (χ1) is 12.2. The van der Waals surface area contributed by atoms with Gasteiger partial charge in [-0.25, -0.2) is 0 Å². The van der Waals surface area contributed by atoms with E-state index in [-0.39, 0.29) is 34.0 Å². The molecule has 2 aliphatic carbocycles. The number of rotatable bonds is 4. The van der Waals surface area contributed by atoms with E-state index < -0.39 is 20.3 Å². The molecule has 5 heteroatoms. The Morgan fingerprint density at radius 1 is 0.741 bits per heavy atom. The molecule has 0 spiro atoms. The van der Waals surface area contributed by atoms with E-state index in [1.807, 2.05) is 0 Å². The minimum Gasteiger partial charge on any atom is -1.00 e. The molecular formula is C22H22Br2O2Zr. The zero-order chi connectivity index (χ0) is 17.0. The molecule has 140 valence electrons. The largest absolute Gasteiger partial charge is 1.00 e. The number of fused-ring (bicyclic) bond motifs is 2. The van der Waals surface area contributed by atoms with E-state index in [4.69, 9.17) is 9.47 Å². The summed E-state index contributed by atoms with van der Waals surface area (Å²) in [7, 11) is 3.49. The summed E-state index contributed by atoms with van der Waals surface area (Å²) in [6.07, 6.45) is 9.66. The molecule has 0 aromatic heterocycles. The maximum absolute atomic E-state index is 5.40. The first kappa shape index (κ1) is 21.1. The Hall–Kier alpha value is -0.637. The van der Waals surface area contributed by atoms with Gasteiger partial charge in [0.25, 0.3) is 0 Å². The molecule has 1 fully saturated rings. The SMILES string of the molecule is COc1ccc2c(c1)C=C[CH]2[Zr+2]1([CH]2C=Cc3cc(OC)ccc32)[CH2][CH2]1.[Br-].[Br-]. The van der Waals surface area contributed by atoms with Gasteiger partial charge in [0.15, 0.2) is 0 Å². The molecule has 3 aliphatic rings. The van der Waals surface area contributed by atoms with Gasteiger partial charge in [-0.2, -0.15) is 0 Å². The monoisotopic (exact) mass is 566 g/mol. The quantitative estimate of drug-likeness (QED) is 0.497. The molecule has 2 aromatic rings. The van der Waals surface area contributed by atoms with Gasteiger partial charge in [-0.1, -0.05) is 0 Å². The fourth-order valence-corrected chi connectivity index (χ4v) is 20.4. The van der Waals surface area contributed by atoms with E-state index in [0.29, 0.717) is 7.25 Å². The Kier molecular flexibility index (Phi) is 6.25. The Morgan fingerprint density at radius 2 is 1.19 bits per heavy atom. The van der Waals surface area contributed by atoms with Crippen molar-refractivity contribution in [1.82, 2.24) is 0 Å². The van der Waals surface area contributed by atoms with Crippen molar-refractivity contribution in [2.45, 2.75) is 15.5 Å². The second-order valence-corrected chi connectivity index (χ2v) is 19.0. The van der Waals surface area contributed by atoms with Gasteiger partial charge < -0.3 is 34.0 Å². The minimum atomic E-state index is -2.28. The van der Waals surface area contributed by atoms with E-state index in [1.165, 1.54) is 19.4 Å². The van der Waals surface area contributed by atoms with E-state index in [2.05, 4.69) is 60.7 Å². The van der Waals surface area contributed by atoms with Crippen LogP contribution >= 0.6 is 0 Å². The molecule has 2 unspecified atom stereocenters. The number of allylic oxidation sites excluding steroid dienone is 2. The van der Waals surface area contributed by atoms with Crippen LogP contribution in [0.4, 0.5) is 0 Å². The van der Waals surface area contributed by atoms with Gasteiger partial charge in [0.1, 0.15) is 0 Å². The van der Waals surface area contributed by atoms with Crippen molar-refractivity contribution < 1.29 is 63.7 Å². The molecule has 0 bridgehead atoms. The van der Waals surface area contributed by atoms with Gasteiger partial charge in [0.05, 0.1) is 0 Å². The number of benzene rings is 2. The molecule has 5 rings (SSSR count). The molecule has 0 saturated carbocycles. The van der Waals surface area contributed by atoms with Crippen molar-refractivity contribution >= 4 is 12.2 Å². The van der Waals surface area contributed by atoms with Gasteiger partial charge in [-0.15, -0.1) is 0 Å². The summed E-state index contributed by atoms with van der Waals surface area (Å²) in [6.45, 7) is 0. The number of hydrogen-bond acceptors (Lipinski definition) is 2. The zero-order valence-electron chi connectivity index (χ0n) is 15.4. The summed E-state index contributed by atoms with van der Waals surface area (Å²) in [5.41, 5.74) is 5.82. The van der Waals surface area contributed by atoms with E-state index >= 15 is 0 Å². The van der Waals surface area contributed by atoms with Crippen LogP contribution in [-0.2, 0) is 20.3 Å². The second-order valence-electron chi connectivity index (χ2n) is 7.40.